The van der Waals surface area contributed by atoms with Gasteiger partial charge >= 0.3 is 0 Å². The molecule has 1 aromatic carbocycles. The van der Waals surface area contributed by atoms with Gasteiger partial charge in [-0.15, -0.1) is 0 Å². The zero-order valence-electron chi connectivity index (χ0n) is 16.4. The summed E-state index contributed by atoms with van der Waals surface area (Å²) in [5, 5.41) is 0. The highest BCUT2D eigenvalue weighted by Crippen LogP contribution is 2.35. The summed E-state index contributed by atoms with van der Waals surface area (Å²) in [5.74, 6) is 1.71. The molecule has 1 aliphatic heterocycles. The van der Waals surface area contributed by atoms with Gasteiger partial charge in [-0.25, -0.2) is 0 Å². The molecule has 2 amide bonds. The second kappa shape index (κ2) is 8.21. The lowest BCUT2D eigenvalue weighted by atomic mass is 10.1. The van der Waals surface area contributed by atoms with Gasteiger partial charge in [0.25, 0.3) is 11.8 Å². The third kappa shape index (κ3) is 4.36. The maximum atomic E-state index is 12.1. The van der Waals surface area contributed by atoms with Crippen LogP contribution >= 0.6 is 0 Å². The minimum Gasteiger partial charge on any atom is -0.493 e. The van der Waals surface area contributed by atoms with Crippen LogP contribution in [0.4, 0.5) is 0 Å². The molecule has 1 atom stereocenters. The molecule has 0 spiro atoms. The van der Waals surface area contributed by atoms with E-state index in [9.17, 15) is 9.59 Å². The number of hydrazine groups is 1. The van der Waals surface area contributed by atoms with E-state index in [1.807, 2.05) is 26.0 Å². The molecule has 0 saturated carbocycles. The molecule has 3 rings (SSSR count). The lowest BCUT2D eigenvalue weighted by Crippen LogP contribution is -2.40. The van der Waals surface area contributed by atoms with Gasteiger partial charge in [-0.05, 0) is 52.0 Å². The average Bonchev–Trinajstić information content (AvgIpc) is 3.17. The van der Waals surface area contributed by atoms with E-state index in [-0.39, 0.29) is 6.10 Å². The summed E-state index contributed by atoms with van der Waals surface area (Å²) in [6.45, 7) is 7.87. The molecule has 1 aliphatic rings. The number of benzene rings is 1. The van der Waals surface area contributed by atoms with Crippen LogP contribution in [-0.4, -0.2) is 24.5 Å². The topological polar surface area (TPSA) is 89.8 Å². The van der Waals surface area contributed by atoms with Crippen LogP contribution in [0.5, 0.6) is 11.5 Å². The predicted octanol–water partition coefficient (Wildman–Crippen LogP) is 3.09. The molecule has 0 fully saturated rings. The highest BCUT2D eigenvalue weighted by molar-refractivity contribution is 5.98. The van der Waals surface area contributed by atoms with Crippen molar-refractivity contribution in [3.8, 4) is 11.5 Å². The van der Waals surface area contributed by atoms with E-state index in [1.165, 1.54) is 6.08 Å². The molecular weight excluding hydrogens is 360 g/mol. The summed E-state index contributed by atoms with van der Waals surface area (Å²) >= 11 is 0. The van der Waals surface area contributed by atoms with Crippen molar-refractivity contribution in [2.75, 3.05) is 6.61 Å². The van der Waals surface area contributed by atoms with Crippen LogP contribution in [0.1, 0.15) is 46.9 Å². The Hall–Kier alpha value is -3.22. The van der Waals surface area contributed by atoms with Crippen LogP contribution in [0, 0.1) is 13.8 Å². The van der Waals surface area contributed by atoms with E-state index < -0.39 is 11.8 Å². The van der Waals surface area contributed by atoms with Crippen LogP contribution in [0.3, 0.4) is 0 Å². The van der Waals surface area contributed by atoms with E-state index in [2.05, 4.69) is 10.9 Å². The normalized spacial score (nSPS) is 15.2. The van der Waals surface area contributed by atoms with Gasteiger partial charge in [0.2, 0.25) is 0 Å². The largest absolute Gasteiger partial charge is 0.493 e. The second-order valence-electron chi connectivity index (χ2n) is 6.67. The molecule has 2 aromatic rings. The Kier molecular flexibility index (Phi) is 5.73. The monoisotopic (exact) mass is 384 g/mol. The van der Waals surface area contributed by atoms with Crippen LogP contribution in [0.25, 0.3) is 6.08 Å². The van der Waals surface area contributed by atoms with E-state index in [0.717, 1.165) is 23.3 Å². The smallest absolute Gasteiger partial charge is 0.273 e. The number of amides is 2. The van der Waals surface area contributed by atoms with Gasteiger partial charge in [0.15, 0.2) is 0 Å². The summed E-state index contributed by atoms with van der Waals surface area (Å²) in [7, 11) is 0. The van der Waals surface area contributed by atoms with Crippen LogP contribution in [-0.2, 0) is 11.2 Å². The quantitative estimate of drug-likeness (QED) is 0.611. The first-order valence-corrected chi connectivity index (χ1v) is 9.19. The number of furan rings is 1. The number of hydrogen-bond acceptors (Lipinski definition) is 5. The van der Waals surface area contributed by atoms with Crippen LogP contribution in [0.2, 0.25) is 0 Å². The highest BCUT2D eigenvalue weighted by Gasteiger charge is 2.21. The molecule has 148 valence electrons. The molecule has 0 unspecified atom stereocenters. The van der Waals surface area contributed by atoms with Crippen molar-refractivity contribution in [3.63, 3.8) is 0 Å². The number of carbonyl (C=O) groups excluding carboxylic acids is 2. The maximum Gasteiger partial charge on any atom is 0.273 e. The van der Waals surface area contributed by atoms with Gasteiger partial charge < -0.3 is 13.9 Å². The first-order valence-electron chi connectivity index (χ1n) is 9.19. The summed E-state index contributed by atoms with van der Waals surface area (Å²) in [6.07, 6.45) is 3.92. The molecule has 7 nitrogen and oxygen atoms in total. The van der Waals surface area contributed by atoms with E-state index in [0.29, 0.717) is 29.4 Å². The minimum atomic E-state index is -0.469. The van der Waals surface area contributed by atoms with Crippen molar-refractivity contribution in [3.05, 3.63) is 52.5 Å². The molecule has 0 radical (unpaired) electrons. The van der Waals surface area contributed by atoms with Crippen LogP contribution < -0.4 is 20.3 Å². The third-order valence-corrected chi connectivity index (χ3v) is 4.33. The Labute approximate surface area is 163 Å². The molecule has 0 aliphatic carbocycles. The fourth-order valence-corrected chi connectivity index (χ4v) is 3.11. The van der Waals surface area contributed by atoms with Gasteiger partial charge in [0.1, 0.15) is 29.1 Å². The standard InChI is InChI=1S/C21H24N2O5/c1-5-26-18-11-16-8-12(2)28-19(16)10-15(18)6-7-20(24)22-23-21(25)17-9-13(3)27-14(17)4/h6-7,9-12H,5,8H2,1-4H3,(H,22,24)(H,23,25)/b7-6+/t12-/m0/s1. The molecule has 0 bridgehead atoms. The van der Waals surface area contributed by atoms with Gasteiger partial charge in [-0.3, -0.25) is 20.4 Å². The Morgan fingerprint density at radius 3 is 2.71 bits per heavy atom. The number of carbonyl (C=O) groups is 2. The summed E-state index contributed by atoms with van der Waals surface area (Å²) in [5.41, 5.74) is 6.94. The number of ether oxygens (including phenoxy) is 2. The predicted molar refractivity (Wildman–Crippen MR) is 104 cm³/mol. The molecule has 1 aromatic heterocycles. The fourth-order valence-electron chi connectivity index (χ4n) is 3.11. The molecule has 28 heavy (non-hydrogen) atoms. The van der Waals surface area contributed by atoms with E-state index >= 15 is 0 Å². The van der Waals surface area contributed by atoms with Gasteiger partial charge in [0.05, 0.1) is 12.2 Å². The first-order chi connectivity index (χ1) is 13.4. The zero-order chi connectivity index (χ0) is 20.3. The van der Waals surface area contributed by atoms with Crippen molar-refractivity contribution in [2.24, 2.45) is 0 Å². The molecular formula is C21H24N2O5. The van der Waals surface area contributed by atoms with Crippen LogP contribution in [0.15, 0.2) is 28.7 Å². The summed E-state index contributed by atoms with van der Waals surface area (Å²) in [4.78, 5) is 24.2. The van der Waals surface area contributed by atoms with Crippen molar-refractivity contribution in [1.82, 2.24) is 10.9 Å². The number of fused-ring (bicyclic) bond motifs is 1. The fraction of sp³-hybridized carbons (Fsp3) is 0.333. The SMILES string of the molecule is CCOc1cc2c(cc1/C=C/C(=O)NNC(=O)c1cc(C)oc1C)O[C@@H](C)C2. The number of nitrogens with one attached hydrogen (secondary N) is 2. The van der Waals surface area contributed by atoms with Gasteiger partial charge in [0, 0.05) is 23.6 Å². The lowest BCUT2D eigenvalue weighted by Gasteiger charge is -2.10. The van der Waals surface area contributed by atoms with E-state index in [4.69, 9.17) is 13.9 Å². The zero-order valence-corrected chi connectivity index (χ0v) is 16.4. The first kappa shape index (κ1) is 19.5. The number of aryl methyl sites for hydroxylation is 2. The number of hydrogen-bond donors (Lipinski definition) is 2. The van der Waals surface area contributed by atoms with E-state index in [1.54, 1.807) is 26.0 Å². The molecule has 7 heteroatoms. The van der Waals surface area contributed by atoms with Crippen molar-refractivity contribution in [2.45, 2.75) is 40.2 Å². The van der Waals surface area contributed by atoms with Crippen molar-refractivity contribution in [1.29, 1.82) is 0 Å². The lowest BCUT2D eigenvalue weighted by molar-refractivity contribution is -0.117. The minimum absolute atomic E-state index is 0.122. The molecule has 0 saturated heterocycles. The Balaban J connectivity index is 1.66. The summed E-state index contributed by atoms with van der Waals surface area (Å²) < 4.78 is 16.8. The van der Waals surface area contributed by atoms with Gasteiger partial charge in [-0.1, -0.05) is 0 Å². The Bertz CT molecular complexity index is 929. The summed E-state index contributed by atoms with van der Waals surface area (Å²) in [6, 6.07) is 5.43. The van der Waals surface area contributed by atoms with Crippen molar-refractivity contribution < 1.29 is 23.5 Å². The number of rotatable bonds is 5. The Morgan fingerprint density at radius 2 is 2.04 bits per heavy atom. The average molecular weight is 384 g/mol. The molecule has 2 N–H and O–H groups in total. The maximum absolute atomic E-state index is 12.1. The second-order valence-corrected chi connectivity index (χ2v) is 6.67. The third-order valence-electron chi connectivity index (χ3n) is 4.33. The highest BCUT2D eigenvalue weighted by atomic mass is 16.5. The van der Waals surface area contributed by atoms with Crippen molar-refractivity contribution >= 4 is 17.9 Å². The Morgan fingerprint density at radius 1 is 1.25 bits per heavy atom. The molecule has 2 heterocycles. The van der Waals surface area contributed by atoms with Gasteiger partial charge in [-0.2, -0.15) is 0 Å².